The molecule has 0 rings (SSSR count). The first-order chi connectivity index (χ1) is 10.8. The van der Waals surface area contributed by atoms with Crippen LogP contribution < -0.4 is 16.8 Å². The van der Waals surface area contributed by atoms with E-state index in [9.17, 15) is 19.2 Å². The highest BCUT2D eigenvalue weighted by Gasteiger charge is 2.49. The number of carbonyl (C=O) groups excluding carboxylic acids is 4. The minimum absolute atomic E-state index is 0.137. The zero-order valence-electron chi connectivity index (χ0n) is 15.0. The van der Waals surface area contributed by atoms with Crippen LogP contribution in [0.3, 0.4) is 0 Å². The number of thioether (sulfide) groups is 1. The average molecular weight is 361 g/mol. The number of methoxy groups -OCH3 is 1. The fraction of sp³-hybridized carbons (Fsp3) is 0.733. The molecule has 0 bridgehead atoms. The SMILES string of the molecule is COC(=O)[C@](N)(CN)C(=O)C(C)(C)NC(=O)[C@@H](SC(C)=O)C(C)C. The van der Waals surface area contributed by atoms with Crippen LogP contribution in [0, 0.1) is 5.92 Å². The Morgan fingerprint density at radius 2 is 1.71 bits per heavy atom. The molecule has 0 radical (unpaired) electrons. The van der Waals surface area contributed by atoms with E-state index in [1.807, 2.05) is 0 Å². The quantitative estimate of drug-likeness (QED) is 0.391. The summed E-state index contributed by atoms with van der Waals surface area (Å²) in [5.74, 6) is -2.38. The van der Waals surface area contributed by atoms with Crippen molar-refractivity contribution in [1.29, 1.82) is 0 Å². The monoisotopic (exact) mass is 361 g/mol. The number of amides is 1. The van der Waals surface area contributed by atoms with E-state index in [1.54, 1.807) is 13.8 Å². The number of ether oxygens (including phenoxy) is 1. The molecule has 0 aromatic carbocycles. The van der Waals surface area contributed by atoms with Crippen LogP contribution in [-0.2, 0) is 23.9 Å². The summed E-state index contributed by atoms with van der Waals surface area (Å²) in [5, 5.41) is 1.68. The first-order valence-electron chi connectivity index (χ1n) is 7.45. The van der Waals surface area contributed by atoms with Crippen molar-refractivity contribution < 1.29 is 23.9 Å². The number of carbonyl (C=O) groups is 4. The Bertz CT molecular complexity index is 521. The van der Waals surface area contributed by atoms with Crippen molar-refractivity contribution in [2.75, 3.05) is 13.7 Å². The van der Waals surface area contributed by atoms with E-state index in [0.717, 1.165) is 18.9 Å². The molecule has 0 spiro atoms. The second-order valence-electron chi connectivity index (χ2n) is 6.38. The van der Waals surface area contributed by atoms with E-state index in [0.29, 0.717) is 0 Å². The van der Waals surface area contributed by atoms with Crippen LogP contribution in [0.4, 0.5) is 0 Å². The fourth-order valence-electron chi connectivity index (χ4n) is 2.12. The van der Waals surface area contributed by atoms with E-state index in [1.165, 1.54) is 20.8 Å². The van der Waals surface area contributed by atoms with Crippen molar-refractivity contribution in [3.63, 3.8) is 0 Å². The summed E-state index contributed by atoms with van der Waals surface area (Å²) in [6.45, 7) is 7.31. The van der Waals surface area contributed by atoms with Gasteiger partial charge in [0.2, 0.25) is 5.91 Å². The third-order valence-corrected chi connectivity index (χ3v) is 4.78. The molecule has 0 saturated heterocycles. The van der Waals surface area contributed by atoms with Crippen LogP contribution in [0.15, 0.2) is 0 Å². The number of hydrogen-bond acceptors (Lipinski definition) is 8. The maximum absolute atomic E-state index is 12.7. The molecule has 138 valence electrons. The van der Waals surface area contributed by atoms with Gasteiger partial charge in [-0.15, -0.1) is 0 Å². The zero-order chi connectivity index (χ0) is 19.3. The number of ketones is 1. The van der Waals surface area contributed by atoms with Crippen molar-refractivity contribution in [2.24, 2.45) is 17.4 Å². The molecule has 0 aromatic rings. The maximum Gasteiger partial charge on any atom is 0.335 e. The van der Waals surface area contributed by atoms with Crippen LogP contribution in [-0.4, -0.2) is 52.8 Å². The minimum Gasteiger partial charge on any atom is -0.467 e. The molecular weight excluding hydrogens is 334 g/mol. The number of esters is 1. The number of Topliss-reactive ketones (excluding diaryl/α,β-unsaturated/α-hetero) is 1. The molecule has 0 unspecified atom stereocenters. The number of nitrogens with one attached hydrogen (secondary N) is 1. The first kappa shape index (κ1) is 22.6. The molecule has 0 aliphatic carbocycles. The van der Waals surface area contributed by atoms with Crippen LogP contribution in [0.2, 0.25) is 0 Å². The first-order valence-corrected chi connectivity index (χ1v) is 8.33. The Kier molecular flexibility index (Phi) is 8.07. The summed E-state index contributed by atoms with van der Waals surface area (Å²) in [5.41, 5.74) is 7.76. The molecule has 0 saturated carbocycles. The molecule has 0 aliphatic heterocycles. The maximum atomic E-state index is 12.7. The predicted octanol–water partition coefficient (Wildman–Crippen LogP) is -0.416. The molecule has 5 N–H and O–H groups in total. The van der Waals surface area contributed by atoms with Crippen LogP contribution in [0.25, 0.3) is 0 Å². The van der Waals surface area contributed by atoms with Crippen molar-refractivity contribution in [3.05, 3.63) is 0 Å². The minimum atomic E-state index is -2.06. The number of nitrogens with two attached hydrogens (primary N) is 2. The zero-order valence-corrected chi connectivity index (χ0v) is 15.8. The summed E-state index contributed by atoms with van der Waals surface area (Å²) in [7, 11) is 1.09. The molecule has 0 heterocycles. The number of hydrogen-bond donors (Lipinski definition) is 3. The fourth-order valence-corrected chi connectivity index (χ4v) is 2.91. The van der Waals surface area contributed by atoms with Gasteiger partial charge in [-0.2, -0.15) is 0 Å². The van der Waals surface area contributed by atoms with Crippen molar-refractivity contribution >= 4 is 34.5 Å². The molecule has 1 amide bonds. The van der Waals surface area contributed by atoms with Gasteiger partial charge < -0.3 is 21.5 Å². The Labute approximate surface area is 146 Å². The van der Waals surface area contributed by atoms with Gasteiger partial charge >= 0.3 is 5.97 Å². The van der Waals surface area contributed by atoms with Gasteiger partial charge in [0, 0.05) is 13.5 Å². The highest BCUT2D eigenvalue weighted by Crippen LogP contribution is 2.22. The highest BCUT2D eigenvalue weighted by molar-refractivity contribution is 8.14. The normalized spacial score (nSPS) is 15.4. The molecule has 0 fully saturated rings. The van der Waals surface area contributed by atoms with E-state index in [4.69, 9.17) is 11.5 Å². The Balaban J connectivity index is 5.44. The lowest BCUT2D eigenvalue weighted by Crippen LogP contribution is -2.69. The smallest absolute Gasteiger partial charge is 0.335 e. The topological polar surface area (TPSA) is 142 Å². The summed E-state index contributed by atoms with van der Waals surface area (Å²) in [6.07, 6.45) is 0. The summed E-state index contributed by atoms with van der Waals surface area (Å²) in [6, 6.07) is 0. The van der Waals surface area contributed by atoms with Gasteiger partial charge in [-0.25, -0.2) is 4.79 Å². The highest BCUT2D eigenvalue weighted by atomic mass is 32.2. The lowest BCUT2D eigenvalue weighted by Gasteiger charge is -2.34. The van der Waals surface area contributed by atoms with Crippen molar-refractivity contribution in [1.82, 2.24) is 5.32 Å². The molecule has 9 heteroatoms. The van der Waals surface area contributed by atoms with Crippen molar-refractivity contribution in [3.8, 4) is 0 Å². The van der Waals surface area contributed by atoms with Crippen LogP contribution >= 0.6 is 11.8 Å². The standard InChI is InChI=1S/C15H27N3O5S/c1-8(2)10(24-9(3)19)11(20)18-14(4,5)12(21)15(17,7-16)13(22)23-6/h8,10H,7,16-17H2,1-6H3,(H,18,20)/t10-,15-/m0/s1. The van der Waals surface area contributed by atoms with E-state index in [2.05, 4.69) is 10.1 Å². The molecule has 8 nitrogen and oxygen atoms in total. The molecule has 0 aromatic heterocycles. The van der Waals surface area contributed by atoms with E-state index < -0.39 is 40.5 Å². The molecular formula is C15H27N3O5S. The van der Waals surface area contributed by atoms with Gasteiger partial charge in [0.05, 0.1) is 17.9 Å². The lowest BCUT2D eigenvalue weighted by molar-refractivity contribution is -0.153. The van der Waals surface area contributed by atoms with Gasteiger partial charge in [-0.3, -0.25) is 14.4 Å². The third kappa shape index (κ3) is 5.29. The summed E-state index contributed by atoms with van der Waals surface area (Å²) >= 11 is 0.882. The second kappa shape index (κ2) is 8.59. The molecule has 24 heavy (non-hydrogen) atoms. The van der Waals surface area contributed by atoms with Gasteiger partial charge in [0.25, 0.3) is 0 Å². The second-order valence-corrected chi connectivity index (χ2v) is 7.70. The summed E-state index contributed by atoms with van der Waals surface area (Å²) < 4.78 is 4.54. The Hall–Kier alpha value is -1.45. The van der Waals surface area contributed by atoms with Gasteiger partial charge in [-0.1, -0.05) is 25.6 Å². The van der Waals surface area contributed by atoms with Crippen LogP contribution in [0.1, 0.15) is 34.6 Å². The molecule has 2 atom stereocenters. The third-order valence-electron chi connectivity index (χ3n) is 3.44. The largest absolute Gasteiger partial charge is 0.467 e. The van der Waals surface area contributed by atoms with Gasteiger partial charge in [0.1, 0.15) is 0 Å². The molecule has 0 aliphatic rings. The van der Waals surface area contributed by atoms with Gasteiger partial charge in [-0.05, 0) is 19.8 Å². The van der Waals surface area contributed by atoms with E-state index in [-0.39, 0.29) is 11.0 Å². The van der Waals surface area contributed by atoms with Crippen LogP contribution in [0.5, 0.6) is 0 Å². The predicted molar refractivity (Wildman–Crippen MR) is 92.1 cm³/mol. The lowest BCUT2D eigenvalue weighted by atomic mass is 9.83. The Morgan fingerprint density at radius 1 is 1.21 bits per heavy atom. The Morgan fingerprint density at radius 3 is 2.04 bits per heavy atom. The van der Waals surface area contributed by atoms with Crippen molar-refractivity contribution in [2.45, 2.75) is 50.9 Å². The number of rotatable bonds is 8. The van der Waals surface area contributed by atoms with Gasteiger partial charge in [0.15, 0.2) is 16.4 Å². The summed E-state index contributed by atoms with van der Waals surface area (Å²) in [4.78, 5) is 48.3. The average Bonchev–Trinajstić information content (AvgIpc) is 2.48. The van der Waals surface area contributed by atoms with E-state index >= 15 is 0 Å².